The van der Waals surface area contributed by atoms with Crippen LogP contribution < -0.4 is 15.6 Å². The Hall–Kier alpha value is -3.79. The minimum absolute atomic E-state index is 0.00719. The number of fused-ring (bicyclic) bond motifs is 1. The number of sulfonamides is 1. The molecule has 4 aromatic rings. The van der Waals surface area contributed by atoms with E-state index in [1.54, 1.807) is 18.3 Å². The Bertz CT molecular complexity index is 1510. The van der Waals surface area contributed by atoms with E-state index in [0.29, 0.717) is 29.5 Å². The minimum atomic E-state index is -3.38. The monoisotopic (exact) mass is 490 g/mol. The maximum atomic E-state index is 13.6. The van der Waals surface area contributed by atoms with Gasteiger partial charge in [-0.3, -0.25) is 14.1 Å². The molecule has 0 radical (unpaired) electrons. The Morgan fingerprint density at radius 2 is 1.80 bits per heavy atom. The topological polar surface area (TPSA) is 119 Å². The molecule has 1 aromatic carbocycles. The van der Waals surface area contributed by atoms with E-state index >= 15 is 0 Å². The van der Waals surface area contributed by atoms with Crippen molar-refractivity contribution in [3.8, 4) is 0 Å². The molecule has 0 bridgehead atoms. The molecule has 35 heavy (non-hydrogen) atoms. The summed E-state index contributed by atoms with van der Waals surface area (Å²) in [5.41, 5.74) is 2.77. The molecule has 180 valence electrons. The van der Waals surface area contributed by atoms with E-state index in [2.05, 4.69) is 20.0 Å². The third kappa shape index (κ3) is 5.32. The molecule has 0 atom stereocenters. The molecular weight excluding hydrogens is 464 g/mol. The fraction of sp³-hybridized carbons (Fsp3) is 0.280. The summed E-state index contributed by atoms with van der Waals surface area (Å²) in [5, 5.41) is 3.87. The lowest BCUT2D eigenvalue weighted by Gasteiger charge is -2.18. The number of rotatable bonds is 7. The third-order valence-electron chi connectivity index (χ3n) is 6.08. The molecule has 1 fully saturated rings. The number of pyridine rings is 2. The van der Waals surface area contributed by atoms with Gasteiger partial charge in [0.1, 0.15) is 11.5 Å². The summed E-state index contributed by atoms with van der Waals surface area (Å²) >= 11 is 0. The van der Waals surface area contributed by atoms with Crippen LogP contribution in [0.3, 0.4) is 0 Å². The van der Waals surface area contributed by atoms with Crippen molar-refractivity contribution in [2.24, 2.45) is 0 Å². The predicted molar refractivity (Wildman–Crippen MR) is 137 cm³/mol. The molecule has 0 aliphatic heterocycles. The average Bonchev–Trinajstić information content (AvgIpc) is 3.35. The standard InChI is InChI=1S/C25H26N6O3S/c1-35(33,34)30-20-11-12-22(26-16-20)28-25-27-15-19-14-18(13-17-7-3-2-4-8-17)24(32)31(23(19)29-25)21-9-5-6-10-21/h2-4,7-8,11-12,14-16,21,30H,5-6,9-10,13H2,1H3,(H,26,27,28,29). The van der Waals surface area contributed by atoms with Crippen LogP contribution in [0.15, 0.2) is 65.7 Å². The Morgan fingerprint density at radius 3 is 2.49 bits per heavy atom. The van der Waals surface area contributed by atoms with Gasteiger partial charge in [0.25, 0.3) is 5.56 Å². The Balaban J connectivity index is 1.50. The summed E-state index contributed by atoms with van der Waals surface area (Å²) in [6.07, 6.45) is 8.86. The van der Waals surface area contributed by atoms with Crippen molar-refractivity contribution >= 4 is 38.5 Å². The highest BCUT2D eigenvalue weighted by molar-refractivity contribution is 7.92. The molecule has 0 saturated heterocycles. The highest BCUT2D eigenvalue weighted by atomic mass is 32.2. The van der Waals surface area contributed by atoms with Crippen molar-refractivity contribution < 1.29 is 8.42 Å². The molecule has 2 N–H and O–H groups in total. The maximum absolute atomic E-state index is 13.6. The summed E-state index contributed by atoms with van der Waals surface area (Å²) in [5.74, 6) is 0.773. The number of nitrogens with zero attached hydrogens (tertiary/aromatic N) is 4. The molecule has 3 aromatic heterocycles. The van der Waals surface area contributed by atoms with Gasteiger partial charge in [-0.1, -0.05) is 43.2 Å². The molecule has 5 rings (SSSR count). The second-order valence-electron chi connectivity index (χ2n) is 8.85. The normalized spacial score (nSPS) is 14.3. The predicted octanol–water partition coefficient (Wildman–Crippen LogP) is 4.01. The van der Waals surface area contributed by atoms with Gasteiger partial charge in [-0.15, -0.1) is 0 Å². The van der Waals surface area contributed by atoms with E-state index in [4.69, 9.17) is 4.98 Å². The second-order valence-corrected chi connectivity index (χ2v) is 10.6. The lowest BCUT2D eigenvalue weighted by molar-refractivity contribution is 0.513. The first-order valence-electron chi connectivity index (χ1n) is 11.5. The molecule has 9 nitrogen and oxygen atoms in total. The number of nitrogens with one attached hydrogen (secondary N) is 2. The molecule has 1 aliphatic carbocycles. The van der Waals surface area contributed by atoms with Gasteiger partial charge in [-0.2, -0.15) is 4.98 Å². The van der Waals surface area contributed by atoms with Gasteiger partial charge < -0.3 is 5.32 Å². The third-order valence-corrected chi connectivity index (χ3v) is 6.69. The Labute approximate surface area is 203 Å². The fourth-order valence-electron chi connectivity index (χ4n) is 4.54. The summed E-state index contributed by atoms with van der Waals surface area (Å²) in [6, 6.07) is 15.2. The van der Waals surface area contributed by atoms with Crippen molar-refractivity contribution in [3.05, 3.63) is 82.4 Å². The smallest absolute Gasteiger partial charge is 0.256 e. The average molecular weight is 491 g/mol. The zero-order valence-electron chi connectivity index (χ0n) is 19.3. The van der Waals surface area contributed by atoms with Gasteiger partial charge >= 0.3 is 0 Å². The quantitative estimate of drug-likeness (QED) is 0.402. The molecule has 1 aliphatic rings. The van der Waals surface area contributed by atoms with Gasteiger partial charge in [-0.25, -0.2) is 18.4 Å². The zero-order chi connectivity index (χ0) is 24.4. The molecule has 0 unspecified atom stereocenters. The SMILES string of the molecule is CS(=O)(=O)Nc1ccc(Nc2ncc3cc(Cc4ccccc4)c(=O)n(C4CCCC4)c3n2)nc1. The Kier molecular flexibility index (Phi) is 6.21. The van der Waals surface area contributed by atoms with Crippen LogP contribution in [0.4, 0.5) is 17.5 Å². The first-order chi connectivity index (χ1) is 16.9. The van der Waals surface area contributed by atoms with E-state index in [1.807, 2.05) is 41.0 Å². The van der Waals surface area contributed by atoms with E-state index in [1.165, 1.54) is 6.20 Å². The van der Waals surface area contributed by atoms with Crippen molar-refractivity contribution in [1.82, 2.24) is 19.5 Å². The molecule has 0 amide bonds. The van der Waals surface area contributed by atoms with Crippen molar-refractivity contribution in [3.63, 3.8) is 0 Å². The van der Waals surface area contributed by atoms with Crippen molar-refractivity contribution in [1.29, 1.82) is 0 Å². The second kappa shape index (κ2) is 9.46. The van der Waals surface area contributed by atoms with Crippen LogP contribution in [0, 0.1) is 0 Å². The fourth-order valence-corrected chi connectivity index (χ4v) is 5.09. The van der Waals surface area contributed by atoms with Crippen molar-refractivity contribution in [2.75, 3.05) is 16.3 Å². The van der Waals surface area contributed by atoms with E-state index in [9.17, 15) is 13.2 Å². The van der Waals surface area contributed by atoms with Crippen LogP contribution in [0.25, 0.3) is 11.0 Å². The lowest BCUT2D eigenvalue weighted by atomic mass is 10.0. The number of aromatic nitrogens is 4. The summed E-state index contributed by atoms with van der Waals surface area (Å²) < 4.78 is 27.0. The van der Waals surface area contributed by atoms with Gasteiger partial charge in [0.05, 0.1) is 18.1 Å². The maximum Gasteiger partial charge on any atom is 0.256 e. The first kappa shape index (κ1) is 23.0. The number of hydrogen-bond acceptors (Lipinski definition) is 7. The first-order valence-corrected chi connectivity index (χ1v) is 13.4. The van der Waals surface area contributed by atoms with Crippen molar-refractivity contribution in [2.45, 2.75) is 38.1 Å². The molecular formula is C25H26N6O3S. The number of hydrogen-bond donors (Lipinski definition) is 2. The Morgan fingerprint density at radius 1 is 1.03 bits per heavy atom. The summed E-state index contributed by atoms with van der Waals surface area (Å²) in [4.78, 5) is 27.0. The summed E-state index contributed by atoms with van der Waals surface area (Å²) in [7, 11) is -3.38. The van der Waals surface area contributed by atoms with Gasteiger partial charge in [0, 0.05) is 29.6 Å². The van der Waals surface area contributed by atoms with Crippen LogP contribution in [0.5, 0.6) is 0 Å². The highest BCUT2D eigenvalue weighted by Crippen LogP contribution is 2.31. The van der Waals surface area contributed by atoms with Crippen LogP contribution in [-0.4, -0.2) is 34.2 Å². The van der Waals surface area contributed by atoms with E-state index < -0.39 is 10.0 Å². The highest BCUT2D eigenvalue weighted by Gasteiger charge is 2.23. The largest absolute Gasteiger partial charge is 0.309 e. The van der Waals surface area contributed by atoms with Crippen LogP contribution >= 0.6 is 0 Å². The van der Waals surface area contributed by atoms with E-state index in [0.717, 1.165) is 48.5 Å². The number of benzene rings is 1. The van der Waals surface area contributed by atoms with Gasteiger partial charge in [-0.05, 0) is 36.6 Å². The van der Waals surface area contributed by atoms with Gasteiger partial charge in [0.15, 0.2) is 0 Å². The minimum Gasteiger partial charge on any atom is -0.309 e. The molecule has 10 heteroatoms. The van der Waals surface area contributed by atoms with Gasteiger partial charge in [0.2, 0.25) is 16.0 Å². The van der Waals surface area contributed by atoms with Crippen LogP contribution in [-0.2, 0) is 16.4 Å². The summed E-state index contributed by atoms with van der Waals surface area (Å²) in [6.45, 7) is 0. The van der Waals surface area contributed by atoms with Crippen LogP contribution in [0.2, 0.25) is 0 Å². The number of anilines is 3. The molecule has 1 saturated carbocycles. The molecule has 3 heterocycles. The van der Waals surface area contributed by atoms with E-state index in [-0.39, 0.29) is 11.6 Å². The lowest BCUT2D eigenvalue weighted by Crippen LogP contribution is -2.28. The molecule has 0 spiro atoms. The zero-order valence-corrected chi connectivity index (χ0v) is 20.1. The van der Waals surface area contributed by atoms with Crippen LogP contribution in [0.1, 0.15) is 42.9 Å².